The summed E-state index contributed by atoms with van der Waals surface area (Å²) in [5, 5.41) is 13.4. The lowest BCUT2D eigenvalue weighted by molar-refractivity contribution is 0.106. The van der Waals surface area contributed by atoms with E-state index in [4.69, 9.17) is 0 Å². The third-order valence-electron chi connectivity index (χ3n) is 4.24. The van der Waals surface area contributed by atoms with Crippen LogP contribution < -0.4 is 10.2 Å². The lowest BCUT2D eigenvalue weighted by Gasteiger charge is -2.36. The molecule has 1 aliphatic carbocycles. The van der Waals surface area contributed by atoms with Crippen LogP contribution in [0.4, 0.5) is 11.6 Å². The van der Waals surface area contributed by atoms with Gasteiger partial charge in [-0.05, 0) is 19.8 Å². The SMILES string of the molecule is CCc1nc(NC)c(C)c(N(C)C2CCCCC2O)n1. The summed E-state index contributed by atoms with van der Waals surface area (Å²) in [7, 11) is 3.92. The van der Waals surface area contributed by atoms with Crippen molar-refractivity contribution in [2.24, 2.45) is 0 Å². The summed E-state index contributed by atoms with van der Waals surface area (Å²) < 4.78 is 0. The zero-order valence-electron chi connectivity index (χ0n) is 13.0. The molecule has 1 aromatic heterocycles. The first-order chi connectivity index (χ1) is 9.58. The Morgan fingerprint density at radius 3 is 2.60 bits per heavy atom. The van der Waals surface area contributed by atoms with Crippen LogP contribution in [0.2, 0.25) is 0 Å². The molecule has 0 radical (unpaired) electrons. The molecule has 0 amide bonds. The molecule has 20 heavy (non-hydrogen) atoms. The van der Waals surface area contributed by atoms with Crippen LogP contribution in [-0.4, -0.2) is 41.3 Å². The summed E-state index contributed by atoms with van der Waals surface area (Å²) in [4.78, 5) is 11.3. The van der Waals surface area contributed by atoms with Crippen LogP contribution in [0.5, 0.6) is 0 Å². The third-order valence-corrected chi connectivity index (χ3v) is 4.24. The lowest BCUT2D eigenvalue weighted by atomic mass is 9.91. The highest BCUT2D eigenvalue weighted by molar-refractivity contribution is 5.58. The number of hydrogen-bond acceptors (Lipinski definition) is 5. The van der Waals surface area contributed by atoms with Gasteiger partial charge in [0.05, 0.1) is 12.1 Å². The Hall–Kier alpha value is -1.36. The lowest BCUT2D eigenvalue weighted by Crippen LogP contribution is -2.44. The van der Waals surface area contributed by atoms with E-state index in [9.17, 15) is 5.11 Å². The van der Waals surface area contributed by atoms with Crippen molar-refractivity contribution in [3.05, 3.63) is 11.4 Å². The Kier molecular flexibility index (Phi) is 4.81. The van der Waals surface area contributed by atoms with E-state index >= 15 is 0 Å². The minimum Gasteiger partial charge on any atom is -0.391 e. The van der Waals surface area contributed by atoms with Crippen LogP contribution in [0.25, 0.3) is 0 Å². The van der Waals surface area contributed by atoms with E-state index in [0.717, 1.165) is 48.7 Å². The molecule has 0 saturated heterocycles. The number of nitrogens with zero attached hydrogens (tertiary/aromatic N) is 3. The predicted molar refractivity (Wildman–Crippen MR) is 82.4 cm³/mol. The smallest absolute Gasteiger partial charge is 0.137 e. The van der Waals surface area contributed by atoms with Crippen LogP contribution in [0, 0.1) is 6.92 Å². The van der Waals surface area contributed by atoms with Crippen molar-refractivity contribution in [3.63, 3.8) is 0 Å². The number of anilines is 2. The number of nitrogens with one attached hydrogen (secondary N) is 1. The van der Waals surface area contributed by atoms with Gasteiger partial charge in [0.2, 0.25) is 0 Å². The minimum absolute atomic E-state index is 0.159. The van der Waals surface area contributed by atoms with Crippen LogP contribution in [-0.2, 0) is 6.42 Å². The molecule has 2 rings (SSSR count). The van der Waals surface area contributed by atoms with Crippen molar-refractivity contribution in [1.29, 1.82) is 0 Å². The maximum atomic E-state index is 10.2. The largest absolute Gasteiger partial charge is 0.391 e. The molecule has 2 atom stereocenters. The van der Waals surface area contributed by atoms with Gasteiger partial charge in [-0.25, -0.2) is 9.97 Å². The number of hydrogen-bond donors (Lipinski definition) is 2. The molecule has 0 spiro atoms. The Balaban J connectivity index is 2.34. The van der Waals surface area contributed by atoms with Crippen LogP contribution >= 0.6 is 0 Å². The second-order valence-electron chi connectivity index (χ2n) is 5.57. The van der Waals surface area contributed by atoms with Crippen molar-refractivity contribution in [2.45, 2.75) is 58.1 Å². The average molecular weight is 278 g/mol. The van der Waals surface area contributed by atoms with Crippen LogP contribution in [0.3, 0.4) is 0 Å². The highest BCUT2D eigenvalue weighted by Crippen LogP contribution is 2.29. The van der Waals surface area contributed by atoms with E-state index in [2.05, 4.69) is 27.1 Å². The number of likely N-dealkylation sites (N-methyl/N-ethyl adjacent to an activating group) is 1. The van der Waals surface area contributed by atoms with Gasteiger partial charge in [0, 0.05) is 26.1 Å². The van der Waals surface area contributed by atoms with Gasteiger partial charge in [-0.15, -0.1) is 0 Å². The van der Waals surface area contributed by atoms with Crippen molar-refractivity contribution in [3.8, 4) is 0 Å². The first-order valence-corrected chi connectivity index (χ1v) is 7.54. The summed E-state index contributed by atoms with van der Waals surface area (Å²) in [6.45, 7) is 4.09. The Morgan fingerprint density at radius 2 is 2.00 bits per heavy atom. The third kappa shape index (κ3) is 2.87. The molecule has 2 N–H and O–H groups in total. The van der Waals surface area contributed by atoms with Gasteiger partial charge in [-0.2, -0.15) is 0 Å². The van der Waals surface area contributed by atoms with E-state index in [1.807, 2.05) is 21.0 Å². The van der Waals surface area contributed by atoms with Crippen molar-refractivity contribution in [1.82, 2.24) is 9.97 Å². The highest BCUT2D eigenvalue weighted by atomic mass is 16.3. The van der Waals surface area contributed by atoms with Crippen LogP contribution in [0.15, 0.2) is 0 Å². The standard InChI is InChI=1S/C15H26N4O/c1-5-13-17-14(16-3)10(2)15(18-13)19(4)11-8-6-7-9-12(11)20/h11-12,20H,5-9H2,1-4H3,(H,16,17,18). The number of aromatic nitrogens is 2. The fourth-order valence-corrected chi connectivity index (χ4v) is 3.00. The van der Waals surface area contributed by atoms with Gasteiger partial charge < -0.3 is 15.3 Å². The van der Waals surface area contributed by atoms with Gasteiger partial charge in [-0.1, -0.05) is 19.8 Å². The van der Waals surface area contributed by atoms with Crippen molar-refractivity contribution < 1.29 is 5.11 Å². The molecule has 1 fully saturated rings. The predicted octanol–water partition coefficient (Wildman–Crippen LogP) is 2.13. The zero-order chi connectivity index (χ0) is 14.7. The van der Waals surface area contributed by atoms with Gasteiger partial charge in [0.25, 0.3) is 0 Å². The fraction of sp³-hybridized carbons (Fsp3) is 0.733. The first kappa shape index (κ1) is 15.0. The number of aryl methyl sites for hydroxylation is 1. The van der Waals surface area contributed by atoms with E-state index in [0.29, 0.717) is 0 Å². The summed E-state index contributed by atoms with van der Waals surface area (Å²) in [6, 6.07) is 0.159. The normalized spacial score (nSPS) is 22.6. The quantitative estimate of drug-likeness (QED) is 0.883. The molecule has 1 aromatic rings. The summed E-state index contributed by atoms with van der Waals surface area (Å²) in [5.74, 6) is 2.66. The maximum Gasteiger partial charge on any atom is 0.137 e. The van der Waals surface area contributed by atoms with E-state index in [1.54, 1.807) is 0 Å². The van der Waals surface area contributed by atoms with Gasteiger partial charge in [0.15, 0.2) is 0 Å². The molecule has 1 heterocycles. The second kappa shape index (κ2) is 6.39. The van der Waals surface area contributed by atoms with Crippen molar-refractivity contribution in [2.75, 3.05) is 24.3 Å². The topological polar surface area (TPSA) is 61.3 Å². The zero-order valence-corrected chi connectivity index (χ0v) is 13.0. The highest BCUT2D eigenvalue weighted by Gasteiger charge is 2.28. The Bertz CT molecular complexity index is 463. The number of aliphatic hydroxyl groups is 1. The molecule has 2 unspecified atom stereocenters. The molecule has 0 aliphatic heterocycles. The van der Waals surface area contributed by atoms with Gasteiger partial charge >= 0.3 is 0 Å². The van der Waals surface area contributed by atoms with Gasteiger partial charge in [0.1, 0.15) is 17.5 Å². The Morgan fingerprint density at radius 1 is 1.30 bits per heavy atom. The number of rotatable bonds is 4. The molecule has 112 valence electrons. The van der Waals surface area contributed by atoms with Crippen LogP contribution in [0.1, 0.15) is 44.0 Å². The average Bonchev–Trinajstić information content (AvgIpc) is 2.47. The summed E-state index contributed by atoms with van der Waals surface area (Å²) in [5.41, 5.74) is 1.05. The second-order valence-corrected chi connectivity index (χ2v) is 5.57. The maximum absolute atomic E-state index is 10.2. The Labute approximate surface area is 121 Å². The summed E-state index contributed by atoms with van der Waals surface area (Å²) >= 11 is 0. The van der Waals surface area contributed by atoms with E-state index < -0.39 is 0 Å². The number of aliphatic hydroxyl groups excluding tert-OH is 1. The molecule has 5 heteroatoms. The van der Waals surface area contributed by atoms with Gasteiger partial charge in [-0.3, -0.25) is 0 Å². The van der Waals surface area contributed by atoms with E-state index in [1.165, 1.54) is 6.42 Å². The molecule has 0 aromatic carbocycles. The molecule has 0 bridgehead atoms. The fourth-order valence-electron chi connectivity index (χ4n) is 3.00. The minimum atomic E-state index is -0.258. The summed E-state index contributed by atoms with van der Waals surface area (Å²) in [6.07, 6.45) is 4.76. The first-order valence-electron chi connectivity index (χ1n) is 7.54. The molecule has 1 saturated carbocycles. The van der Waals surface area contributed by atoms with Crippen molar-refractivity contribution >= 4 is 11.6 Å². The molecule has 1 aliphatic rings. The molecular formula is C15H26N4O. The molecular weight excluding hydrogens is 252 g/mol. The molecule has 5 nitrogen and oxygen atoms in total. The van der Waals surface area contributed by atoms with E-state index in [-0.39, 0.29) is 12.1 Å². The monoisotopic (exact) mass is 278 g/mol.